The van der Waals surface area contributed by atoms with E-state index in [1.165, 1.54) is 0 Å². The van der Waals surface area contributed by atoms with Crippen molar-refractivity contribution in [3.05, 3.63) is 0 Å². The third kappa shape index (κ3) is 4.32. The van der Waals surface area contributed by atoms with E-state index in [2.05, 4.69) is 0 Å². The molecule has 1 unspecified atom stereocenters. The minimum Gasteiger partial charge on any atom is -0.481 e. The number of aliphatic carboxylic acids is 1. The molecule has 0 aliphatic heterocycles. The van der Waals surface area contributed by atoms with Crippen LogP contribution in [0.3, 0.4) is 0 Å². The maximum Gasteiger partial charge on any atom is 0.311 e. The molecule has 60 valence electrons. The highest BCUT2D eigenvalue weighted by Gasteiger charge is 2.19. The lowest BCUT2D eigenvalue weighted by Gasteiger charge is -2.25. The first-order valence-electron chi connectivity index (χ1n) is 3.36. The van der Waals surface area contributed by atoms with Gasteiger partial charge in [0.05, 0.1) is 27.7 Å². The van der Waals surface area contributed by atoms with Gasteiger partial charge >= 0.3 is 5.97 Å². The first-order chi connectivity index (χ1) is 4.33. The average molecular weight is 146 g/mol. The average Bonchev–Trinajstić information content (AvgIpc) is 1.60. The summed E-state index contributed by atoms with van der Waals surface area (Å²) in [4.78, 5) is 10.4. The quantitative estimate of drug-likeness (QED) is 0.586. The third-order valence-electron chi connectivity index (χ3n) is 1.24. The maximum atomic E-state index is 10.4. The zero-order valence-corrected chi connectivity index (χ0v) is 7.09. The third-order valence-corrected chi connectivity index (χ3v) is 1.24. The van der Waals surface area contributed by atoms with E-state index >= 15 is 0 Å². The maximum absolute atomic E-state index is 10.4. The Morgan fingerprint density at radius 1 is 1.50 bits per heavy atom. The van der Waals surface area contributed by atoms with Crippen molar-refractivity contribution in [2.24, 2.45) is 5.92 Å². The summed E-state index contributed by atoms with van der Waals surface area (Å²) in [5.41, 5.74) is 0. The second-order valence-corrected chi connectivity index (χ2v) is 3.71. The van der Waals surface area contributed by atoms with Crippen LogP contribution < -0.4 is 0 Å². The van der Waals surface area contributed by atoms with E-state index in [1.807, 2.05) is 21.1 Å². The molecule has 0 saturated carbocycles. The van der Waals surface area contributed by atoms with Crippen LogP contribution in [-0.2, 0) is 4.79 Å². The van der Waals surface area contributed by atoms with Crippen LogP contribution in [0.25, 0.3) is 0 Å². The van der Waals surface area contributed by atoms with E-state index in [-0.39, 0.29) is 5.92 Å². The molecule has 0 bridgehead atoms. The Hall–Kier alpha value is -0.570. The van der Waals surface area contributed by atoms with E-state index < -0.39 is 5.97 Å². The predicted molar refractivity (Wildman–Crippen MR) is 39.7 cm³/mol. The van der Waals surface area contributed by atoms with E-state index in [1.54, 1.807) is 6.92 Å². The number of hydrogen-bond acceptors (Lipinski definition) is 1. The molecule has 0 aliphatic carbocycles. The fourth-order valence-electron chi connectivity index (χ4n) is 0.900. The van der Waals surface area contributed by atoms with Gasteiger partial charge in [-0.05, 0) is 6.92 Å². The number of carboxylic acid groups (broad SMARTS) is 1. The summed E-state index contributed by atoms with van der Waals surface area (Å²) in [7, 11) is 5.96. The highest BCUT2D eigenvalue weighted by Crippen LogP contribution is 2.01. The summed E-state index contributed by atoms with van der Waals surface area (Å²) < 4.78 is 0.702. The van der Waals surface area contributed by atoms with Crippen molar-refractivity contribution in [1.82, 2.24) is 0 Å². The molecule has 1 N–H and O–H groups in total. The fourth-order valence-corrected chi connectivity index (χ4v) is 0.900. The van der Waals surface area contributed by atoms with E-state index in [4.69, 9.17) is 5.11 Å². The molecule has 0 radical (unpaired) electrons. The van der Waals surface area contributed by atoms with Crippen molar-refractivity contribution in [2.45, 2.75) is 6.92 Å². The standard InChI is InChI=1S/C7H15NO2/c1-6(7(9)10)5-8(2,3)4/h6H,5H2,1-4H3/p+1. The lowest BCUT2D eigenvalue weighted by atomic mass is 10.1. The summed E-state index contributed by atoms with van der Waals surface area (Å²) in [5, 5.41) is 8.54. The van der Waals surface area contributed by atoms with Crippen LogP contribution in [-0.4, -0.2) is 43.2 Å². The van der Waals surface area contributed by atoms with Gasteiger partial charge in [0.15, 0.2) is 0 Å². The van der Waals surface area contributed by atoms with Gasteiger partial charge in [0.1, 0.15) is 5.92 Å². The molecule has 0 amide bonds. The van der Waals surface area contributed by atoms with Crippen LogP contribution in [0.2, 0.25) is 0 Å². The SMILES string of the molecule is CC(C[N+](C)(C)C)C(=O)O. The minimum absolute atomic E-state index is 0.250. The molecule has 0 aromatic rings. The van der Waals surface area contributed by atoms with Gasteiger partial charge in [-0.1, -0.05) is 0 Å². The largest absolute Gasteiger partial charge is 0.481 e. The lowest BCUT2D eigenvalue weighted by Crippen LogP contribution is -2.40. The number of carbonyl (C=O) groups is 1. The van der Waals surface area contributed by atoms with Gasteiger partial charge in [0, 0.05) is 0 Å². The number of carboxylic acids is 1. The van der Waals surface area contributed by atoms with Crippen LogP contribution in [0.1, 0.15) is 6.92 Å². The Kier molecular flexibility index (Phi) is 2.84. The summed E-state index contributed by atoms with van der Waals surface area (Å²) >= 11 is 0. The Morgan fingerprint density at radius 2 is 1.90 bits per heavy atom. The molecule has 0 spiro atoms. The van der Waals surface area contributed by atoms with Crippen molar-refractivity contribution in [1.29, 1.82) is 0 Å². The predicted octanol–water partition coefficient (Wildman–Crippen LogP) is 0.413. The molecule has 3 heteroatoms. The highest BCUT2D eigenvalue weighted by molar-refractivity contribution is 5.69. The van der Waals surface area contributed by atoms with Gasteiger partial charge in [-0.3, -0.25) is 4.79 Å². The smallest absolute Gasteiger partial charge is 0.311 e. The Labute approximate surface area is 61.9 Å². The molecule has 0 fully saturated rings. The van der Waals surface area contributed by atoms with Crippen LogP contribution in [0.4, 0.5) is 0 Å². The van der Waals surface area contributed by atoms with E-state index in [0.717, 1.165) is 0 Å². The zero-order valence-electron chi connectivity index (χ0n) is 7.09. The highest BCUT2D eigenvalue weighted by atomic mass is 16.4. The number of nitrogens with zero attached hydrogens (tertiary/aromatic N) is 1. The molecule has 0 aromatic heterocycles. The molecular weight excluding hydrogens is 130 g/mol. The molecule has 0 rings (SSSR count). The molecule has 1 atom stereocenters. The van der Waals surface area contributed by atoms with Crippen LogP contribution >= 0.6 is 0 Å². The Bertz CT molecular complexity index is 126. The normalized spacial score (nSPS) is 14.8. The molecule has 0 aromatic carbocycles. The van der Waals surface area contributed by atoms with Gasteiger partial charge in [-0.25, -0.2) is 0 Å². The van der Waals surface area contributed by atoms with Gasteiger partial charge in [-0.15, -0.1) is 0 Å². The van der Waals surface area contributed by atoms with Crippen molar-refractivity contribution in [3.8, 4) is 0 Å². The van der Waals surface area contributed by atoms with E-state index in [0.29, 0.717) is 11.0 Å². The second-order valence-electron chi connectivity index (χ2n) is 3.71. The first-order valence-corrected chi connectivity index (χ1v) is 3.36. The van der Waals surface area contributed by atoms with Crippen LogP contribution in [0, 0.1) is 5.92 Å². The lowest BCUT2D eigenvalue weighted by molar-refractivity contribution is -0.872. The van der Waals surface area contributed by atoms with E-state index in [9.17, 15) is 4.79 Å². The molecule has 3 nitrogen and oxygen atoms in total. The van der Waals surface area contributed by atoms with Crippen molar-refractivity contribution in [2.75, 3.05) is 27.7 Å². The molecule has 10 heavy (non-hydrogen) atoms. The van der Waals surface area contributed by atoms with Crippen molar-refractivity contribution in [3.63, 3.8) is 0 Å². The Morgan fingerprint density at radius 3 is 2.00 bits per heavy atom. The number of quaternary nitrogens is 1. The van der Waals surface area contributed by atoms with Crippen LogP contribution in [0.5, 0.6) is 0 Å². The second kappa shape index (κ2) is 3.01. The van der Waals surface area contributed by atoms with Crippen molar-refractivity contribution >= 4 is 5.97 Å². The zero-order chi connectivity index (χ0) is 8.36. The summed E-state index contributed by atoms with van der Waals surface area (Å²) in [6.07, 6.45) is 0. The molecule has 0 heterocycles. The monoisotopic (exact) mass is 146 g/mol. The molecule has 0 saturated heterocycles. The summed E-state index contributed by atoms with van der Waals surface area (Å²) in [6.45, 7) is 2.40. The molecule has 0 aliphatic rings. The van der Waals surface area contributed by atoms with Crippen molar-refractivity contribution < 1.29 is 14.4 Å². The first kappa shape index (κ1) is 9.43. The minimum atomic E-state index is -0.715. The fraction of sp³-hybridized carbons (Fsp3) is 0.857. The van der Waals surface area contributed by atoms with Gasteiger partial charge < -0.3 is 9.59 Å². The van der Waals surface area contributed by atoms with Gasteiger partial charge in [0.2, 0.25) is 0 Å². The van der Waals surface area contributed by atoms with Gasteiger partial charge in [0.25, 0.3) is 0 Å². The van der Waals surface area contributed by atoms with Crippen LogP contribution in [0.15, 0.2) is 0 Å². The topological polar surface area (TPSA) is 37.3 Å². The molecular formula is C7H16NO2+. The van der Waals surface area contributed by atoms with Gasteiger partial charge in [-0.2, -0.15) is 0 Å². The number of hydrogen-bond donors (Lipinski definition) is 1. The Balaban J connectivity index is 3.80. The number of rotatable bonds is 3. The summed E-state index contributed by atoms with van der Waals surface area (Å²) in [5.74, 6) is -0.965. The summed E-state index contributed by atoms with van der Waals surface area (Å²) in [6, 6.07) is 0.